The molecule has 5 heteroatoms. The van der Waals surface area contributed by atoms with Crippen LogP contribution in [0.15, 0.2) is 22.7 Å². The number of Topliss-reactive ketones (excluding diaryl/α,β-unsaturated/α-hetero) is 1. The van der Waals surface area contributed by atoms with Crippen LogP contribution in [0.2, 0.25) is 0 Å². The maximum absolute atomic E-state index is 11.6. The summed E-state index contributed by atoms with van der Waals surface area (Å²) >= 11 is 3.44. The maximum Gasteiger partial charge on any atom is 0.339 e. The van der Waals surface area contributed by atoms with Gasteiger partial charge < -0.3 is 9.64 Å². The lowest BCUT2D eigenvalue weighted by molar-refractivity contribution is -0.133. The summed E-state index contributed by atoms with van der Waals surface area (Å²) in [7, 11) is 1.38. The van der Waals surface area contributed by atoms with Gasteiger partial charge in [-0.1, -0.05) is 0 Å². The van der Waals surface area contributed by atoms with Gasteiger partial charge in [0.15, 0.2) is 0 Å². The van der Waals surface area contributed by atoms with E-state index in [-0.39, 0.29) is 11.4 Å². The van der Waals surface area contributed by atoms with Gasteiger partial charge in [-0.15, -0.1) is 0 Å². The molecular formula is C16H18BrNO3. The number of carbonyl (C=O) groups is 2. The molecule has 0 radical (unpaired) electrons. The minimum atomic E-state index is -0.334. The first kappa shape index (κ1) is 14.6. The normalized spacial score (nSPS) is 20.3. The molecule has 0 unspecified atom stereocenters. The van der Waals surface area contributed by atoms with E-state index in [4.69, 9.17) is 4.74 Å². The van der Waals surface area contributed by atoms with E-state index >= 15 is 0 Å². The number of benzene rings is 1. The molecule has 1 aliphatic heterocycles. The van der Waals surface area contributed by atoms with Crippen molar-refractivity contribution in [2.45, 2.75) is 25.7 Å². The quantitative estimate of drug-likeness (QED) is 0.767. The largest absolute Gasteiger partial charge is 0.465 e. The Morgan fingerprint density at radius 2 is 1.95 bits per heavy atom. The van der Waals surface area contributed by atoms with E-state index in [0.717, 1.165) is 48.9 Å². The van der Waals surface area contributed by atoms with E-state index in [9.17, 15) is 9.59 Å². The second-order valence-corrected chi connectivity index (χ2v) is 6.89. The lowest BCUT2D eigenvalue weighted by Gasteiger charge is -2.47. The standard InChI is InChI=1S/C16H18BrNO3/c1-21-15(20)13-3-2-11(8-14(13)17)18-6-4-16(5-7-18)9-12(19)10-16/h2-3,8H,4-7,9-10H2,1H3. The molecule has 1 aromatic rings. The van der Waals surface area contributed by atoms with Gasteiger partial charge in [-0.2, -0.15) is 0 Å². The van der Waals surface area contributed by atoms with Gasteiger partial charge in [-0.3, -0.25) is 4.79 Å². The van der Waals surface area contributed by atoms with Crippen LogP contribution in [0, 0.1) is 5.41 Å². The number of nitrogens with zero attached hydrogens (tertiary/aromatic N) is 1. The molecule has 1 heterocycles. The van der Waals surface area contributed by atoms with Crippen molar-refractivity contribution in [1.82, 2.24) is 0 Å². The summed E-state index contributed by atoms with van der Waals surface area (Å²) in [4.78, 5) is 25.1. The Balaban J connectivity index is 1.70. The van der Waals surface area contributed by atoms with Crippen LogP contribution in [-0.4, -0.2) is 32.0 Å². The molecule has 0 amide bonds. The Morgan fingerprint density at radius 1 is 1.29 bits per heavy atom. The summed E-state index contributed by atoms with van der Waals surface area (Å²) in [5.41, 5.74) is 1.94. The lowest BCUT2D eigenvalue weighted by Crippen LogP contribution is -2.47. The highest BCUT2D eigenvalue weighted by Crippen LogP contribution is 2.47. The SMILES string of the molecule is COC(=O)c1ccc(N2CCC3(CC2)CC(=O)C3)cc1Br. The van der Waals surface area contributed by atoms with Crippen LogP contribution in [0.4, 0.5) is 5.69 Å². The van der Waals surface area contributed by atoms with Gasteiger partial charge in [0, 0.05) is 36.1 Å². The van der Waals surface area contributed by atoms with Crippen molar-refractivity contribution in [2.75, 3.05) is 25.1 Å². The monoisotopic (exact) mass is 351 g/mol. The molecule has 2 aliphatic rings. The first-order valence-electron chi connectivity index (χ1n) is 7.18. The second-order valence-electron chi connectivity index (χ2n) is 6.04. The van der Waals surface area contributed by atoms with Gasteiger partial charge in [-0.05, 0) is 52.4 Å². The first-order valence-corrected chi connectivity index (χ1v) is 7.97. The van der Waals surface area contributed by atoms with Gasteiger partial charge in [0.2, 0.25) is 0 Å². The molecule has 4 nitrogen and oxygen atoms in total. The zero-order valence-electron chi connectivity index (χ0n) is 12.0. The van der Waals surface area contributed by atoms with Crippen molar-refractivity contribution in [2.24, 2.45) is 5.41 Å². The van der Waals surface area contributed by atoms with Crippen LogP contribution in [0.25, 0.3) is 0 Å². The smallest absolute Gasteiger partial charge is 0.339 e. The number of halogens is 1. The number of hydrogen-bond donors (Lipinski definition) is 0. The molecule has 112 valence electrons. The van der Waals surface area contributed by atoms with Crippen molar-refractivity contribution >= 4 is 33.4 Å². The number of methoxy groups -OCH3 is 1. The van der Waals surface area contributed by atoms with Crippen molar-refractivity contribution in [1.29, 1.82) is 0 Å². The molecule has 3 rings (SSSR count). The van der Waals surface area contributed by atoms with Crippen LogP contribution in [0.5, 0.6) is 0 Å². The van der Waals surface area contributed by atoms with Gasteiger partial charge in [-0.25, -0.2) is 4.79 Å². The number of esters is 1. The fourth-order valence-corrected chi connectivity index (χ4v) is 3.88. The van der Waals surface area contributed by atoms with Crippen LogP contribution in [0.3, 0.4) is 0 Å². The highest BCUT2D eigenvalue weighted by Gasteiger charge is 2.45. The number of piperidine rings is 1. The van der Waals surface area contributed by atoms with E-state index in [2.05, 4.69) is 20.8 Å². The Bertz CT molecular complexity index is 581. The van der Waals surface area contributed by atoms with E-state index < -0.39 is 0 Å². The Morgan fingerprint density at radius 3 is 2.48 bits per heavy atom. The molecule has 1 saturated carbocycles. The summed E-state index contributed by atoms with van der Waals surface area (Å²) in [6, 6.07) is 5.72. The van der Waals surface area contributed by atoms with Crippen molar-refractivity contribution < 1.29 is 14.3 Å². The molecule has 1 aliphatic carbocycles. The molecule has 0 aromatic heterocycles. The van der Waals surface area contributed by atoms with Gasteiger partial charge in [0.05, 0.1) is 12.7 Å². The van der Waals surface area contributed by atoms with Crippen LogP contribution >= 0.6 is 15.9 Å². The molecule has 0 bridgehead atoms. The van der Waals surface area contributed by atoms with Crippen molar-refractivity contribution in [3.05, 3.63) is 28.2 Å². The van der Waals surface area contributed by atoms with Crippen LogP contribution in [0.1, 0.15) is 36.0 Å². The maximum atomic E-state index is 11.6. The average molecular weight is 352 g/mol. The molecule has 0 N–H and O–H groups in total. The second kappa shape index (κ2) is 5.44. The number of anilines is 1. The Hall–Kier alpha value is -1.36. The average Bonchev–Trinajstić information content (AvgIpc) is 2.46. The molecule has 1 aromatic carbocycles. The van der Waals surface area contributed by atoms with E-state index in [1.807, 2.05) is 12.1 Å². The molecule has 0 atom stereocenters. The van der Waals surface area contributed by atoms with Crippen LogP contribution < -0.4 is 4.90 Å². The Labute approximate surface area is 132 Å². The number of carbonyl (C=O) groups excluding carboxylic acids is 2. The third-order valence-electron chi connectivity index (χ3n) is 4.69. The summed E-state index contributed by atoms with van der Waals surface area (Å²) < 4.78 is 5.50. The van der Waals surface area contributed by atoms with Gasteiger partial charge >= 0.3 is 5.97 Å². The highest BCUT2D eigenvalue weighted by molar-refractivity contribution is 9.10. The van der Waals surface area contributed by atoms with E-state index in [1.54, 1.807) is 6.07 Å². The molecule has 2 fully saturated rings. The number of rotatable bonds is 2. The lowest BCUT2D eigenvalue weighted by atomic mass is 9.62. The van der Waals surface area contributed by atoms with Crippen LogP contribution in [-0.2, 0) is 9.53 Å². The number of ketones is 1. The topological polar surface area (TPSA) is 46.6 Å². The van der Waals surface area contributed by atoms with Crippen molar-refractivity contribution in [3.8, 4) is 0 Å². The van der Waals surface area contributed by atoms with Gasteiger partial charge in [0.25, 0.3) is 0 Å². The minimum Gasteiger partial charge on any atom is -0.465 e. The predicted octanol–water partition coefficient (Wildman–Crippen LogP) is 3.19. The molecule has 1 saturated heterocycles. The summed E-state index contributed by atoms with van der Waals surface area (Å²) in [6.45, 7) is 1.94. The van der Waals surface area contributed by atoms with Gasteiger partial charge in [0.1, 0.15) is 5.78 Å². The fourth-order valence-electron chi connectivity index (χ4n) is 3.35. The van der Waals surface area contributed by atoms with Crippen molar-refractivity contribution in [3.63, 3.8) is 0 Å². The zero-order valence-corrected chi connectivity index (χ0v) is 13.6. The zero-order chi connectivity index (χ0) is 15.0. The predicted molar refractivity (Wildman–Crippen MR) is 83.6 cm³/mol. The van der Waals surface area contributed by atoms with E-state index in [1.165, 1.54) is 7.11 Å². The third kappa shape index (κ3) is 2.71. The molecule has 21 heavy (non-hydrogen) atoms. The first-order chi connectivity index (χ1) is 10.0. The molecular weight excluding hydrogens is 334 g/mol. The summed E-state index contributed by atoms with van der Waals surface area (Å²) in [5.74, 6) is 0.0765. The number of ether oxygens (including phenoxy) is 1. The third-order valence-corrected chi connectivity index (χ3v) is 5.35. The summed E-state index contributed by atoms with van der Waals surface area (Å²) in [5, 5.41) is 0. The summed E-state index contributed by atoms with van der Waals surface area (Å²) in [6.07, 6.45) is 3.70. The Kier molecular flexibility index (Phi) is 3.78. The van der Waals surface area contributed by atoms with E-state index in [0.29, 0.717) is 11.3 Å². The minimum absolute atomic E-state index is 0.288. The highest BCUT2D eigenvalue weighted by atomic mass is 79.9. The fraction of sp³-hybridized carbons (Fsp3) is 0.500. The number of hydrogen-bond acceptors (Lipinski definition) is 4. The molecule has 1 spiro atoms.